The lowest BCUT2D eigenvalue weighted by molar-refractivity contribution is 0.578. The van der Waals surface area contributed by atoms with Crippen LogP contribution in [0.2, 0.25) is 0 Å². The summed E-state index contributed by atoms with van der Waals surface area (Å²) in [4.78, 5) is 0. The topological polar surface area (TPSA) is 64.8 Å². The molecule has 5 nitrogen and oxygen atoms in total. The number of hydrogen-bond donors (Lipinski definition) is 0. The average molecular weight is 238 g/mol. The Morgan fingerprint density at radius 1 is 1.64 bits per heavy atom. The van der Waals surface area contributed by atoms with Gasteiger partial charge in [-0.15, -0.1) is 5.10 Å². The van der Waals surface area contributed by atoms with Crippen LogP contribution in [0, 0.1) is 0 Å². The Morgan fingerprint density at radius 3 is 2.79 bits per heavy atom. The van der Waals surface area contributed by atoms with E-state index in [2.05, 4.69) is 10.3 Å². The van der Waals surface area contributed by atoms with Crippen LogP contribution in [0.15, 0.2) is 6.20 Å². The van der Waals surface area contributed by atoms with E-state index < -0.39 is 14.3 Å². The molecule has 0 amide bonds. The molecule has 0 saturated heterocycles. The van der Waals surface area contributed by atoms with Gasteiger partial charge < -0.3 is 0 Å². The highest BCUT2D eigenvalue weighted by Crippen LogP contribution is 2.22. The SMILES string of the molecule is CCCn1cc(C(C)S(=O)(=O)Cl)nn1. The van der Waals surface area contributed by atoms with Gasteiger partial charge in [0.15, 0.2) is 0 Å². The molecule has 0 aromatic carbocycles. The van der Waals surface area contributed by atoms with Crippen LogP contribution < -0.4 is 0 Å². The van der Waals surface area contributed by atoms with Crippen LogP contribution in [-0.2, 0) is 15.6 Å². The normalized spacial score (nSPS) is 14.2. The Kier molecular flexibility index (Phi) is 3.49. The number of aromatic nitrogens is 3. The summed E-state index contributed by atoms with van der Waals surface area (Å²) >= 11 is 0. The van der Waals surface area contributed by atoms with Crippen LogP contribution in [0.4, 0.5) is 0 Å². The maximum absolute atomic E-state index is 11.0. The van der Waals surface area contributed by atoms with Crippen molar-refractivity contribution < 1.29 is 8.42 Å². The Balaban J connectivity index is 2.87. The van der Waals surface area contributed by atoms with Crippen molar-refractivity contribution in [3.05, 3.63) is 11.9 Å². The van der Waals surface area contributed by atoms with Gasteiger partial charge in [-0.1, -0.05) is 12.1 Å². The molecule has 0 aliphatic carbocycles. The van der Waals surface area contributed by atoms with Crippen LogP contribution in [0.25, 0.3) is 0 Å². The van der Waals surface area contributed by atoms with E-state index in [9.17, 15) is 8.42 Å². The first kappa shape index (κ1) is 11.5. The third kappa shape index (κ3) is 2.68. The Labute approximate surface area is 87.5 Å². The highest BCUT2D eigenvalue weighted by molar-refractivity contribution is 8.13. The molecular formula is C7H12ClN3O2S. The van der Waals surface area contributed by atoms with Crippen molar-refractivity contribution in [2.45, 2.75) is 32.1 Å². The van der Waals surface area contributed by atoms with Crippen LogP contribution in [0.5, 0.6) is 0 Å². The molecule has 0 N–H and O–H groups in total. The highest BCUT2D eigenvalue weighted by Gasteiger charge is 2.22. The van der Waals surface area contributed by atoms with E-state index in [1.54, 1.807) is 10.9 Å². The molecule has 0 aliphatic heterocycles. The second kappa shape index (κ2) is 4.27. The molecule has 1 aromatic rings. The summed E-state index contributed by atoms with van der Waals surface area (Å²) in [6.45, 7) is 4.22. The molecule has 14 heavy (non-hydrogen) atoms. The van der Waals surface area contributed by atoms with Gasteiger partial charge in [-0.3, -0.25) is 4.68 Å². The van der Waals surface area contributed by atoms with E-state index in [-0.39, 0.29) is 0 Å². The number of aryl methyl sites for hydroxylation is 1. The molecule has 1 rings (SSSR count). The third-order valence-corrected chi connectivity index (χ3v) is 3.74. The molecule has 80 valence electrons. The molecule has 0 spiro atoms. The lowest BCUT2D eigenvalue weighted by Gasteiger charge is -2.01. The molecule has 1 atom stereocenters. The van der Waals surface area contributed by atoms with E-state index >= 15 is 0 Å². The lowest BCUT2D eigenvalue weighted by Crippen LogP contribution is -2.03. The van der Waals surface area contributed by atoms with Gasteiger partial charge in [-0.25, -0.2) is 8.42 Å². The summed E-state index contributed by atoms with van der Waals surface area (Å²) in [5.74, 6) is 0. The minimum Gasteiger partial charge on any atom is -0.252 e. The first-order chi connectivity index (χ1) is 6.45. The number of hydrogen-bond acceptors (Lipinski definition) is 4. The van der Waals surface area contributed by atoms with Gasteiger partial charge in [-0.05, 0) is 13.3 Å². The zero-order chi connectivity index (χ0) is 10.8. The largest absolute Gasteiger partial charge is 0.252 e. The summed E-state index contributed by atoms with van der Waals surface area (Å²) < 4.78 is 23.6. The van der Waals surface area contributed by atoms with E-state index in [1.165, 1.54) is 6.92 Å². The summed E-state index contributed by atoms with van der Waals surface area (Å²) in [7, 11) is 1.60. The molecule has 0 fully saturated rings. The first-order valence-electron chi connectivity index (χ1n) is 4.28. The van der Waals surface area contributed by atoms with Gasteiger partial charge in [0.2, 0.25) is 9.05 Å². The van der Waals surface area contributed by atoms with Crippen molar-refractivity contribution in [3.8, 4) is 0 Å². The van der Waals surface area contributed by atoms with Gasteiger partial charge in [0.05, 0.1) is 0 Å². The molecule has 0 saturated carbocycles. The number of nitrogens with zero attached hydrogens (tertiary/aromatic N) is 3. The minimum absolute atomic E-state index is 0.383. The van der Waals surface area contributed by atoms with Gasteiger partial charge >= 0.3 is 0 Å². The lowest BCUT2D eigenvalue weighted by atomic mass is 10.4. The second-order valence-corrected chi connectivity index (χ2v) is 5.97. The zero-order valence-electron chi connectivity index (χ0n) is 8.01. The predicted molar refractivity (Wildman–Crippen MR) is 53.5 cm³/mol. The van der Waals surface area contributed by atoms with Crippen LogP contribution in [0.1, 0.15) is 31.2 Å². The van der Waals surface area contributed by atoms with Crippen molar-refractivity contribution in [1.29, 1.82) is 0 Å². The molecule has 7 heteroatoms. The summed E-state index contributed by atoms with van der Waals surface area (Å²) in [5.41, 5.74) is 0.383. The minimum atomic E-state index is -3.60. The summed E-state index contributed by atoms with van der Waals surface area (Å²) in [6.07, 6.45) is 2.53. The zero-order valence-corrected chi connectivity index (χ0v) is 9.59. The Morgan fingerprint density at radius 2 is 2.29 bits per heavy atom. The van der Waals surface area contributed by atoms with Crippen molar-refractivity contribution in [2.24, 2.45) is 0 Å². The van der Waals surface area contributed by atoms with Crippen LogP contribution >= 0.6 is 10.7 Å². The summed E-state index contributed by atoms with van der Waals surface area (Å²) in [5, 5.41) is 6.72. The van der Waals surface area contributed by atoms with Crippen molar-refractivity contribution in [1.82, 2.24) is 15.0 Å². The van der Waals surface area contributed by atoms with Gasteiger partial charge in [-0.2, -0.15) is 0 Å². The molecule has 1 heterocycles. The second-order valence-electron chi connectivity index (χ2n) is 3.02. The van der Waals surface area contributed by atoms with Crippen LogP contribution in [0.3, 0.4) is 0 Å². The fraction of sp³-hybridized carbons (Fsp3) is 0.714. The van der Waals surface area contributed by atoms with Crippen molar-refractivity contribution >= 4 is 19.7 Å². The standard InChI is InChI=1S/C7H12ClN3O2S/c1-3-4-11-5-7(9-10-11)6(2)14(8,12)13/h5-6H,3-4H2,1-2H3. The number of rotatable bonds is 4. The Hall–Kier alpha value is -0.620. The highest BCUT2D eigenvalue weighted by atomic mass is 35.7. The smallest absolute Gasteiger partial charge is 0.241 e. The summed E-state index contributed by atoms with van der Waals surface area (Å²) in [6, 6.07) is 0. The molecule has 1 unspecified atom stereocenters. The van der Waals surface area contributed by atoms with Gasteiger partial charge in [0.1, 0.15) is 10.9 Å². The number of halogens is 1. The van der Waals surface area contributed by atoms with Crippen molar-refractivity contribution in [2.75, 3.05) is 0 Å². The predicted octanol–water partition coefficient (Wildman–Crippen LogP) is 1.32. The van der Waals surface area contributed by atoms with E-state index in [1.807, 2.05) is 6.92 Å². The van der Waals surface area contributed by atoms with E-state index in [0.29, 0.717) is 5.69 Å². The third-order valence-electron chi connectivity index (χ3n) is 1.85. The molecule has 0 aliphatic rings. The van der Waals surface area contributed by atoms with Crippen LogP contribution in [-0.4, -0.2) is 23.4 Å². The quantitative estimate of drug-likeness (QED) is 0.741. The maximum atomic E-state index is 11.0. The van der Waals surface area contributed by atoms with E-state index in [4.69, 9.17) is 10.7 Å². The molecule has 0 radical (unpaired) electrons. The van der Waals surface area contributed by atoms with Crippen molar-refractivity contribution in [3.63, 3.8) is 0 Å². The maximum Gasteiger partial charge on any atom is 0.241 e. The van der Waals surface area contributed by atoms with Gasteiger partial charge in [0, 0.05) is 23.4 Å². The average Bonchev–Trinajstić information content (AvgIpc) is 2.50. The first-order valence-corrected chi connectivity index (χ1v) is 6.66. The van der Waals surface area contributed by atoms with Gasteiger partial charge in [0.25, 0.3) is 0 Å². The molecule has 1 aromatic heterocycles. The fourth-order valence-electron chi connectivity index (χ4n) is 0.982. The molecule has 0 bridgehead atoms. The monoisotopic (exact) mass is 237 g/mol. The molecular weight excluding hydrogens is 226 g/mol. The Bertz CT molecular complexity index is 401. The fourth-order valence-corrected chi connectivity index (χ4v) is 1.65. The van der Waals surface area contributed by atoms with E-state index in [0.717, 1.165) is 13.0 Å².